The van der Waals surface area contributed by atoms with E-state index in [1.807, 2.05) is 19.9 Å². The Labute approximate surface area is 164 Å². The van der Waals surface area contributed by atoms with Crippen LogP contribution in [0.5, 0.6) is 0 Å². The van der Waals surface area contributed by atoms with Crippen LogP contribution >= 0.6 is 0 Å². The largest absolute Gasteiger partial charge is 0.371 e. The second kappa shape index (κ2) is 5.85. The summed E-state index contributed by atoms with van der Waals surface area (Å²) in [5.41, 5.74) is 0.480. The fourth-order valence-electron chi connectivity index (χ4n) is 4.21. The Hall–Kier alpha value is -3.29. The highest BCUT2D eigenvalue weighted by Crippen LogP contribution is 2.47. The number of anilines is 1. The number of hydrogen-bond acceptors (Lipinski definition) is 3. The summed E-state index contributed by atoms with van der Waals surface area (Å²) < 4.78 is 45.9. The van der Waals surface area contributed by atoms with Gasteiger partial charge in [0.2, 0.25) is 0 Å². The number of rotatable bonds is 2. The molecule has 2 aromatic heterocycles. The Kier molecular flexibility index (Phi) is 3.59. The molecule has 0 bridgehead atoms. The van der Waals surface area contributed by atoms with E-state index in [1.54, 1.807) is 35.9 Å². The Morgan fingerprint density at radius 1 is 1.14 bits per heavy atom. The Morgan fingerprint density at radius 3 is 2.69 bits per heavy atom. The van der Waals surface area contributed by atoms with Crippen LogP contribution in [-0.4, -0.2) is 19.7 Å². The summed E-state index contributed by atoms with van der Waals surface area (Å²) in [6.45, 7) is 5.40. The van der Waals surface area contributed by atoms with Gasteiger partial charge in [0, 0.05) is 22.7 Å². The molecule has 5 nitrogen and oxygen atoms in total. The molecule has 0 amide bonds. The summed E-state index contributed by atoms with van der Waals surface area (Å²) in [5, 5.41) is 12.1. The molecule has 0 unspecified atom stereocenters. The van der Waals surface area contributed by atoms with Crippen molar-refractivity contribution in [3.05, 3.63) is 59.6 Å². The van der Waals surface area contributed by atoms with E-state index in [0.29, 0.717) is 28.3 Å². The molecule has 29 heavy (non-hydrogen) atoms. The quantitative estimate of drug-likeness (QED) is 0.472. The number of hydrogen-bond donors (Lipinski definition) is 2. The Balaban J connectivity index is 1.92. The molecule has 4 aromatic rings. The maximum Gasteiger partial charge on any atom is 0.266 e. The van der Waals surface area contributed by atoms with Crippen LogP contribution in [0.15, 0.2) is 36.5 Å². The van der Waals surface area contributed by atoms with Gasteiger partial charge in [-0.2, -0.15) is 0 Å². The first-order chi connectivity index (χ1) is 13.8. The van der Waals surface area contributed by atoms with E-state index < -0.39 is 17.8 Å². The van der Waals surface area contributed by atoms with Crippen molar-refractivity contribution in [1.29, 1.82) is 0 Å². The van der Waals surface area contributed by atoms with Crippen LogP contribution in [0.1, 0.15) is 37.5 Å². The number of benzene rings is 2. The molecular weight excluding hydrogens is 379 g/mol. The maximum atomic E-state index is 15.3. The van der Waals surface area contributed by atoms with Crippen LogP contribution in [-0.2, 0) is 5.54 Å². The average molecular weight is 397 g/mol. The molecule has 8 heteroatoms. The van der Waals surface area contributed by atoms with Crippen molar-refractivity contribution in [2.75, 3.05) is 5.32 Å². The molecule has 0 fully saturated rings. The standard InChI is InChI=1S/C21H18F3N5/c1-10-27-28-20-21(2,3)26-15-9-13(22)16(17(19(23)24)18(15)29(10)20)12-5-4-6-14-11(12)7-8-25-14/h4-9,19,25-26H,1-3H3. The molecule has 3 heterocycles. The topological polar surface area (TPSA) is 58.5 Å². The minimum absolute atomic E-state index is 0.107. The van der Waals surface area contributed by atoms with Crippen LogP contribution in [0.3, 0.4) is 0 Å². The van der Waals surface area contributed by atoms with Crippen LogP contribution in [0.25, 0.3) is 27.7 Å². The molecule has 1 aliphatic heterocycles. The van der Waals surface area contributed by atoms with Gasteiger partial charge >= 0.3 is 0 Å². The van der Waals surface area contributed by atoms with Crippen molar-refractivity contribution in [2.24, 2.45) is 0 Å². The lowest BCUT2D eigenvalue weighted by Gasteiger charge is -2.35. The van der Waals surface area contributed by atoms with Crippen LogP contribution in [0.4, 0.5) is 18.9 Å². The second-order valence-corrected chi connectivity index (χ2v) is 7.74. The predicted octanol–water partition coefficient (Wildman–Crippen LogP) is 5.46. The Bertz CT molecular complexity index is 1270. The number of halogens is 3. The van der Waals surface area contributed by atoms with Crippen molar-refractivity contribution in [2.45, 2.75) is 32.7 Å². The number of nitrogens with zero attached hydrogens (tertiary/aromatic N) is 3. The smallest absolute Gasteiger partial charge is 0.266 e. The van der Waals surface area contributed by atoms with Gasteiger partial charge < -0.3 is 10.3 Å². The molecule has 0 aliphatic carbocycles. The minimum Gasteiger partial charge on any atom is -0.371 e. The fraction of sp³-hybridized carbons (Fsp3) is 0.238. The maximum absolute atomic E-state index is 15.3. The minimum atomic E-state index is -2.90. The first kappa shape index (κ1) is 17.8. The molecule has 1 aliphatic rings. The van der Waals surface area contributed by atoms with E-state index >= 15 is 4.39 Å². The molecule has 2 N–H and O–H groups in total. The normalized spacial score (nSPS) is 14.7. The number of aryl methyl sites for hydroxylation is 1. The van der Waals surface area contributed by atoms with Gasteiger partial charge in [-0.1, -0.05) is 12.1 Å². The van der Waals surface area contributed by atoms with Crippen molar-refractivity contribution in [1.82, 2.24) is 19.7 Å². The second-order valence-electron chi connectivity index (χ2n) is 7.74. The third kappa shape index (κ3) is 2.41. The Morgan fingerprint density at radius 2 is 1.93 bits per heavy atom. The average Bonchev–Trinajstić information content (AvgIpc) is 3.27. The van der Waals surface area contributed by atoms with E-state index in [0.717, 1.165) is 5.52 Å². The first-order valence-corrected chi connectivity index (χ1v) is 9.21. The van der Waals surface area contributed by atoms with Crippen molar-refractivity contribution in [3.8, 4) is 16.8 Å². The van der Waals surface area contributed by atoms with Gasteiger partial charge in [-0.15, -0.1) is 10.2 Å². The summed E-state index contributed by atoms with van der Waals surface area (Å²) in [4.78, 5) is 3.04. The number of H-pyrrole nitrogens is 1. The lowest BCUT2D eigenvalue weighted by Crippen LogP contribution is -2.36. The van der Waals surface area contributed by atoms with Crippen molar-refractivity contribution < 1.29 is 13.2 Å². The predicted molar refractivity (Wildman–Crippen MR) is 105 cm³/mol. The van der Waals surface area contributed by atoms with Crippen LogP contribution in [0, 0.1) is 12.7 Å². The van der Waals surface area contributed by atoms with Gasteiger partial charge in [-0.3, -0.25) is 4.57 Å². The van der Waals surface area contributed by atoms with E-state index in [9.17, 15) is 8.78 Å². The molecule has 0 spiro atoms. The number of aromatic nitrogens is 4. The van der Waals surface area contributed by atoms with Gasteiger partial charge in [0.25, 0.3) is 6.43 Å². The molecule has 0 saturated carbocycles. The zero-order valence-corrected chi connectivity index (χ0v) is 16.0. The van der Waals surface area contributed by atoms with Crippen molar-refractivity contribution >= 4 is 16.6 Å². The van der Waals surface area contributed by atoms with E-state index in [4.69, 9.17) is 0 Å². The molecule has 0 atom stereocenters. The zero-order valence-electron chi connectivity index (χ0n) is 16.0. The van der Waals surface area contributed by atoms with E-state index in [1.165, 1.54) is 6.07 Å². The summed E-state index contributed by atoms with van der Waals surface area (Å²) in [7, 11) is 0. The first-order valence-electron chi connectivity index (χ1n) is 9.21. The highest BCUT2D eigenvalue weighted by molar-refractivity contribution is 5.97. The lowest BCUT2D eigenvalue weighted by molar-refractivity contribution is 0.151. The van der Waals surface area contributed by atoms with Gasteiger partial charge in [0.15, 0.2) is 5.82 Å². The van der Waals surface area contributed by atoms with Crippen LogP contribution in [0.2, 0.25) is 0 Å². The number of alkyl halides is 2. The molecule has 148 valence electrons. The molecular formula is C21H18F3N5. The molecule has 0 radical (unpaired) electrons. The molecule has 0 saturated heterocycles. The SMILES string of the molecule is Cc1nnc2n1-c1c(cc(F)c(-c3cccc4[nH]ccc34)c1C(F)F)NC2(C)C. The van der Waals surface area contributed by atoms with Crippen molar-refractivity contribution in [3.63, 3.8) is 0 Å². The van der Waals surface area contributed by atoms with Gasteiger partial charge in [0.1, 0.15) is 11.6 Å². The summed E-state index contributed by atoms with van der Waals surface area (Å²) in [6, 6.07) is 8.25. The highest BCUT2D eigenvalue weighted by atomic mass is 19.3. The summed E-state index contributed by atoms with van der Waals surface area (Å²) in [5.74, 6) is 0.266. The monoisotopic (exact) mass is 397 g/mol. The number of nitrogens with one attached hydrogen (secondary N) is 2. The van der Waals surface area contributed by atoms with Gasteiger partial charge in [-0.05, 0) is 44.5 Å². The molecule has 2 aromatic carbocycles. The lowest BCUT2D eigenvalue weighted by atomic mass is 9.91. The highest BCUT2D eigenvalue weighted by Gasteiger charge is 2.38. The zero-order chi connectivity index (χ0) is 20.5. The summed E-state index contributed by atoms with van der Waals surface area (Å²) >= 11 is 0. The van der Waals surface area contributed by atoms with E-state index in [2.05, 4.69) is 20.5 Å². The number of fused-ring (bicyclic) bond motifs is 4. The fourth-order valence-corrected chi connectivity index (χ4v) is 4.21. The molecule has 5 rings (SSSR count). The van der Waals surface area contributed by atoms with Gasteiger partial charge in [-0.25, -0.2) is 13.2 Å². The van der Waals surface area contributed by atoms with Gasteiger partial charge in [0.05, 0.1) is 22.5 Å². The third-order valence-corrected chi connectivity index (χ3v) is 5.43. The number of aromatic amines is 1. The van der Waals surface area contributed by atoms with Crippen LogP contribution < -0.4 is 5.32 Å². The summed E-state index contributed by atoms with van der Waals surface area (Å²) in [6.07, 6.45) is -1.19. The third-order valence-electron chi connectivity index (χ3n) is 5.43. The van der Waals surface area contributed by atoms with E-state index in [-0.39, 0.29) is 16.8 Å².